The Morgan fingerprint density at radius 1 is 1.06 bits per heavy atom. The summed E-state index contributed by atoms with van der Waals surface area (Å²) < 4.78 is 4.45. The fourth-order valence-electron chi connectivity index (χ4n) is 4.98. The van der Waals surface area contributed by atoms with Crippen LogP contribution < -0.4 is 11.2 Å². The predicted molar refractivity (Wildman–Crippen MR) is 133 cm³/mol. The molecule has 0 N–H and O–H groups in total. The summed E-state index contributed by atoms with van der Waals surface area (Å²) in [5, 5.41) is 0. The largest absolute Gasteiger partial charge is 0.336 e. The van der Waals surface area contributed by atoms with E-state index in [4.69, 9.17) is 0 Å². The molecule has 1 fully saturated rings. The van der Waals surface area contributed by atoms with Crippen molar-refractivity contribution >= 4 is 17.1 Å². The number of carbonyl (C=O) groups excluding carboxylic acids is 1. The van der Waals surface area contributed by atoms with Gasteiger partial charge in [-0.15, -0.1) is 0 Å². The molecule has 3 heterocycles. The summed E-state index contributed by atoms with van der Waals surface area (Å²) in [7, 11) is 0. The van der Waals surface area contributed by atoms with Crippen molar-refractivity contribution in [1.29, 1.82) is 0 Å². The molecule has 0 bridgehead atoms. The first-order chi connectivity index (χ1) is 16.3. The van der Waals surface area contributed by atoms with E-state index in [1.807, 2.05) is 53.6 Å². The van der Waals surface area contributed by atoms with Crippen molar-refractivity contribution in [3.8, 4) is 0 Å². The van der Waals surface area contributed by atoms with Crippen LogP contribution in [0.1, 0.15) is 58.9 Å². The third kappa shape index (κ3) is 4.72. The second kappa shape index (κ2) is 9.99. The maximum absolute atomic E-state index is 13.6. The lowest BCUT2D eigenvalue weighted by Gasteiger charge is -2.39. The van der Waals surface area contributed by atoms with Gasteiger partial charge in [-0.05, 0) is 51.0 Å². The third-order valence-electron chi connectivity index (χ3n) is 6.89. The molecule has 8 nitrogen and oxygen atoms in total. The highest BCUT2D eigenvalue weighted by Gasteiger charge is 2.30. The first kappa shape index (κ1) is 24.0. The number of hydrogen-bond donors (Lipinski definition) is 0. The van der Waals surface area contributed by atoms with Crippen molar-refractivity contribution in [3.63, 3.8) is 0 Å². The number of nitrogens with zero attached hydrogens (tertiary/aromatic N) is 5. The molecule has 0 spiro atoms. The SMILES string of the molecule is CC(C)CCn1cnc2c1c(=O)n(CC(=O)N1C(C)CCCC1C)c(=O)n2Cc1ccccc1. The van der Waals surface area contributed by atoms with Gasteiger partial charge in [-0.3, -0.25) is 14.2 Å². The smallest absolute Gasteiger partial charge is 0.333 e. The zero-order valence-electron chi connectivity index (χ0n) is 20.6. The van der Waals surface area contributed by atoms with Gasteiger partial charge in [0.15, 0.2) is 11.2 Å². The Balaban J connectivity index is 1.81. The van der Waals surface area contributed by atoms with E-state index >= 15 is 0 Å². The molecule has 0 aliphatic carbocycles. The van der Waals surface area contributed by atoms with Crippen LogP contribution in [0.2, 0.25) is 0 Å². The number of piperidine rings is 1. The van der Waals surface area contributed by atoms with E-state index in [1.54, 1.807) is 6.33 Å². The molecule has 3 aromatic rings. The molecule has 2 atom stereocenters. The van der Waals surface area contributed by atoms with Gasteiger partial charge < -0.3 is 9.47 Å². The monoisotopic (exact) mass is 465 g/mol. The summed E-state index contributed by atoms with van der Waals surface area (Å²) in [4.78, 5) is 46.8. The average Bonchev–Trinajstić information content (AvgIpc) is 3.23. The van der Waals surface area contributed by atoms with Crippen molar-refractivity contribution in [3.05, 3.63) is 63.1 Å². The number of amides is 1. The molecule has 1 aliphatic rings. The number of aryl methyl sites for hydroxylation is 1. The molecule has 8 heteroatoms. The minimum Gasteiger partial charge on any atom is -0.336 e. The summed E-state index contributed by atoms with van der Waals surface area (Å²) in [5.41, 5.74) is 0.726. The summed E-state index contributed by atoms with van der Waals surface area (Å²) in [6.07, 6.45) is 5.46. The molecule has 1 aromatic carbocycles. The van der Waals surface area contributed by atoms with Crippen LogP contribution >= 0.6 is 0 Å². The minimum absolute atomic E-state index is 0.0961. The standard InChI is InChI=1S/C26H35N5O3/c1-18(2)13-14-28-17-27-24-23(28)25(33)30(16-22(32)31-19(3)9-8-10-20(31)4)26(34)29(24)15-21-11-6-5-7-12-21/h5-7,11-12,17-20H,8-10,13-16H2,1-4H3. The highest BCUT2D eigenvalue weighted by Crippen LogP contribution is 2.22. The minimum atomic E-state index is -0.499. The third-order valence-corrected chi connectivity index (χ3v) is 6.89. The number of fused-ring (bicyclic) bond motifs is 1. The topological polar surface area (TPSA) is 82.1 Å². The highest BCUT2D eigenvalue weighted by atomic mass is 16.2. The van der Waals surface area contributed by atoms with Gasteiger partial charge in [0.25, 0.3) is 5.56 Å². The molecule has 182 valence electrons. The van der Waals surface area contributed by atoms with Crippen molar-refractivity contribution in [2.75, 3.05) is 0 Å². The molecule has 2 unspecified atom stereocenters. The Kier molecular flexibility index (Phi) is 7.05. The molecule has 1 saturated heterocycles. The van der Waals surface area contributed by atoms with Crippen molar-refractivity contribution < 1.29 is 4.79 Å². The molecule has 34 heavy (non-hydrogen) atoms. The van der Waals surface area contributed by atoms with E-state index in [0.717, 1.165) is 35.8 Å². The number of benzene rings is 1. The summed E-state index contributed by atoms with van der Waals surface area (Å²) in [6, 6.07) is 9.81. The first-order valence-corrected chi connectivity index (χ1v) is 12.3. The van der Waals surface area contributed by atoms with E-state index in [-0.39, 0.29) is 31.1 Å². The molecule has 4 rings (SSSR count). The van der Waals surface area contributed by atoms with Crippen LogP contribution in [0, 0.1) is 5.92 Å². The number of likely N-dealkylation sites (tertiary alicyclic amines) is 1. The van der Waals surface area contributed by atoms with Gasteiger partial charge in [0, 0.05) is 18.6 Å². The van der Waals surface area contributed by atoms with Crippen molar-refractivity contribution in [1.82, 2.24) is 23.6 Å². The van der Waals surface area contributed by atoms with Crippen molar-refractivity contribution in [2.45, 2.75) is 85.1 Å². The lowest BCUT2D eigenvalue weighted by molar-refractivity contribution is -0.138. The Morgan fingerprint density at radius 2 is 1.74 bits per heavy atom. The summed E-state index contributed by atoms with van der Waals surface area (Å²) in [6.45, 7) is 8.98. The Bertz CT molecular complexity index is 1260. The zero-order valence-corrected chi connectivity index (χ0v) is 20.6. The molecule has 0 saturated carbocycles. The molecule has 1 amide bonds. The average molecular weight is 466 g/mol. The van der Waals surface area contributed by atoms with E-state index in [1.165, 1.54) is 4.57 Å². The van der Waals surface area contributed by atoms with Crippen LogP contribution in [0.5, 0.6) is 0 Å². The van der Waals surface area contributed by atoms with E-state index < -0.39 is 11.2 Å². The fraction of sp³-hybridized carbons (Fsp3) is 0.538. The zero-order chi connectivity index (χ0) is 24.4. The number of imidazole rings is 1. The molecule has 1 aliphatic heterocycles. The quantitative estimate of drug-likeness (QED) is 0.536. The van der Waals surface area contributed by atoms with Crippen LogP contribution in [0.4, 0.5) is 0 Å². The van der Waals surface area contributed by atoms with Crippen LogP contribution in [-0.4, -0.2) is 41.6 Å². The van der Waals surface area contributed by atoms with Gasteiger partial charge in [0.2, 0.25) is 5.91 Å². The van der Waals surface area contributed by atoms with Gasteiger partial charge >= 0.3 is 5.69 Å². The lowest BCUT2D eigenvalue weighted by Crippen LogP contribution is -2.51. The molecular weight excluding hydrogens is 430 g/mol. The lowest BCUT2D eigenvalue weighted by atomic mass is 9.97. The fourth-order valence-corrected chi connectivity index (χ4v) is 4.98. The normalized spacial score (nSPS) is 18.7. The van der Waals surface area contributed by atoms with Crippen LogP contribution in [0.25, 0.3) is 11.2 Å². The van der Waals surface area contributed by atoms with E-state index in [0.29, 0.717) is 23.6 Å². The van der Waals surface area contributed by atoms with Gasteiger partial charge in [-0.25, -0.2) is 14.3 Å². The van der Waals surface area contributed by atoms with Crippen LogP contribution in [0.15, 0.2) is 46.2 Å². The Labute approximate surface area is 199 Å². The molecule has 2 aromatic heterocycles. The Hall–Kier alpha value is -3.16. The maximum Gasteiger partial charge on any atom is 0.333 e. The van der Waals surface area contributed by atoms with Crippen molar-refractivity contribution in [2.24, 2.45) is 5.92 Å². The van der Waals surface area contributed by atoms with Gasteiger partial charge in [0.1, 0.15) is 6.54 Å². The first-order valence-electron chi connectivity index (χ1n) is 12.3. The number of aromatic nitrogens is 4. The molecular formula is C26H35N5O3. The summed E-state index contributed by atoms with van der Waals surface area (Å²) >= 11 is 0. The van der Waals surface area contributed by atoms with E-state index in [9.17, 15) is 14.4 Å². The summed E-state index contributed by atoms with van der Waals surface area (Å²) in [5.74, 6) is 0.274. The van der Waals surface area contributed by atoms with Gasteiger partial charge in [-0.1, -0.05) is 44.2 Å². The van der Waals surface area contributed by atoms with Gasteiger partial charge in [-0.2, -0.15) is 0 Å². The number of hydrogen-bond acceptors (Lipinski definition) is 4. The van der Waals surface area contributed by atoms with Crippen LogP contribution in [-0.2, 0) is 24.4 Å². The van der Waals surface area contributed by atoms with Gasteiger partial charge in [0.05, 0.1) is 12.9 Å². The second-order valence-corrected chi connectivity index (χ2v) is 9.97. The predicted octanol–water partition coefficient (Wildman–Crippen LogP) is 3.24. The van der Waals surface area contributed by atoms with Crippen LogP contribution in [0.3, 0.4) is 0 Å². The van der Waals surface area contributed by atoms with E-state index in [2.05, 4.69) is 18.8 Å². The maximum atomic E-state index is 13.6. The Morgan fingerprint density at radius 3 is 2.38 bits per heavy atom. The molecule has 0 radical (unpaired) electrons. The number of rotatable bonds is 7. The highest BCUT2D eigenvalue weighted by molar-refractivity contribution is 5.77. The second-order valence-electron chi connectivity index (χ2n) is 9.97. The number of carbonyl (C=O) groups is 1.